The summed E-state index contributed by atoms with van der Waals surface area (Å²) in [6.07, 6.45) is -3.70. The van der Waals surface area contributed by atoms with E-state index in [4.69, 9.17) is 19.9 Å². The highest BCUT2D eigenvalue weighted by molar-refractivity contribution is 14.0. The highest BCUT2D eigenvalue weighted by Crippen LogP contribution is 2.29. The maximum Gasteiger partial charge on any atom is 0.417 e. The molecule has 0 spiro atoms. The Labute approximate surface area is 183 Å². The number of ether oxygens (including phenoxy) is 3. The summed E-state index contributed by atoms with van der Waals surface area (Å²) < 4.78 is 53.0. The van der Waals surface area contributed by atoms with Crippen LogP contribution in [-0.4, -0.2) is 38.3 Å². The van der Waals surface area contributed by atoms with Gasteiger partial charge in [0.1, 0.15) is 6.61 Å². The van der Waals surface area contributed by atoms with E-state index in [-0.39, 0.29) is 42.4 Å². The number of pyridine rings is 1. The van der Waals surface area contributed by atoms with Crippen LogP contribution in [0.15, 0.2) is 41.5 Å². The third kappa shape index (κ3) is 7.83. The zero-order valence-electron chi connectivity index (χ0n) is 15.8. The molecule has 0 aliphatic heterocycles. The normalized spacial score (nSPS) is 11.4. The van der Waals surface area contributed by atoms with Crippen LogP contribution in [0.3, 0.4) is 0 Å². The zero-order valence-corrected chi connectivity index (χ0v) is 18.2. The summed E-state index contributed by atoms with van der Waals surface area (Å²) in [6.45, 7) is 0.801. The Hall–Kier alpha value is -2.44. The highest BCUT2D eigenvalue weighted by Gasteiger charge is 2.30. The number of hydrogen-bond acceptors (Lipinski definition) is 5. The second-order valence-electron chi connectivity index (χ2n) is 5.55. The number of halogens is 4. The third-order valence-electron chi connectivity index (χ3n) is 3.60. The van der Waals surface area contributed by atoms with Gasteiger partial charge >= 0.3 is 6.18 Å². The summed E-state index contributed by atoms with van der Waals surface area (Å²) in [6, 6.07) is 7.50. The van der Waals surface area contributed by atoms with E-state index in [2.05, 4.69) is 15.3 Å². The Morgan fingerprint density at radius 3 is 2.45 bits per heavy atom. The van der Waals surface area contributed by atoms with E-state index in [1.165, 1.54) is 0 Å². The van der Waals surface area contributed by atoms with E-state index in [1.807, 2.05) is 6.07 Å². The average Bonchev–Trinajstić information content (AvgIpc) is 2.69. The molecule has 7 nitrogen and oxygen atoms in total. The fourth-order valence-corrected chi connectivity index (χ4v) is 2.18. The van der Waals surface area contributed by atoms with Gasteiger partial charge in [-0.15, -0.1) is 24.0 Å². The first kappa shape index (κ1) is 24.6. The van der Waals surface area contributed by atoms with Gasteiger partial charge in [0.25, 0.3) is 0 Å². The van der Waals surface area contributed by atoms with Gasteiger partial charge in [-0.1, -0.05) is 6.07 Å². The van der Waals surface area contributed by atoms with Crippen LogP contribution in [0.5, 0.6) is 17.4 Å². The molecule has 0 bridgehead atoms. The van der Waals surface area contributed by atoms with Gasteiger partial charge in [0.05, 0.1) is 32.9 Å². The van der Waals surface area contributed by atoms with Gasteiger partial charge in [0.15, 0.2) is 17.5 Å². The minimum atomic E-state index is -4.42. The molecule has 0 unspecified atom stereocenters. The van der Waals surface area contributed by atoms with Crippen molar-refractivity contribution in [1.82, 2.24) is 10.3 Å². The lowest BCUT2D eigenvalue weighted by Crippen LogP contribution is -2.34. The number of aromatic nitrogens is 1. The molecule has 1 heterocycles. The summed E-state index contributed by atoms with van der Waals surface area (Å²) in [5.41, 5.74) is 5.84. The van der Waals surface area contributed by atoms with Crippen LogP contribution >= 0.6 is 24.0 Å². The Morgan fingerprint density at radius 1 is 1.14 bits per heavy atom. The van der Waals surface area contributed by atoms with Gasteiger partial charge in [0, 0.05) is 12.3 Å². The number of aliphatic imine (C=N–C) groups is 1. The fraction of sp³-hybridized carbons (Fsp3) is 0.333. The zero-order chi connectivity index (χ0) is 20.6. The van der Waals surface area contributed by atoms with E-state index in [0.717, 1.165) is 23.9 Å². The van der Waals surface area contributed by atoms with Gasteiger partial charge in [-0.2, -0.15) is 13.2 Å². The number of guanidine groups is 1. The molecule has 0 atom stereocenters. The van der Waals surface area contributed by atoms with Crippen molar-refractivity contribution in [1.29, 1.82) is 0 Å². The number of nitrogens with zero attached hydrogens (tertiary/aromatic N) is 2. The summed E-state index contributed by atoms with van der Waals surface area (Å²) in [4.78, 5) is 7.81. The number of methoxy groups -OCH3 is 2. The maximum absolute atomic E-state index is 12.5. The molecule has 11 heteroatoms. The van der Waals surface area contributed by atoms with Crippen molar-refractivity contribution in [2.75, 3.05) is 27.4 Å². The molecule has 1 aromatic heterocycles. The SMILES string of the molecule is COc1ccc(CN=C(N)NCCOc2ccc(C(F)(F)F)cn2)cc1OC.I. The number of nitrogens with one attached hydrogen (secondary N) is 1. The Balaban J connectivity index is 0.00000420. The first-order valence-corrected chi connectivity index (χ1v) is 8.24. The molecule has 0 fully saturated rings. The predicted molar refractivity (Wildman–Crippen MR) is 113 cm³/mol. The summed E-state index contributed by atoms with van der Waals surface area (Å²) in [7, 11) is 3.10. The Morgan fingerprint density at radius 2 is 1.86 bits per heavy atom. The monoisotopic (exact) mass is 526 g/mol. The molecule has 0 aliphatic carbocycles. The second-order valence-corrected chi connectivity index (χ2v) is 5.55. The van der Waals surface area contributed by atoms with E-state index < -0.39 is 11.7 Å². The molecular weight excluding hydrogens is 504 g/mol. The highest BCUT2D eigenvalue weighted by atomic mass is 127. The average molecular weight is 526 g/mol. The van der Waals surface area contributed by atoms with Gasteiger partial charge in [-0.05, 0) is 23.8 Å². The standard InChI is InChI=1S/C18H21F3N4O3.HI/c1-26-14-5-3-12(9-15(14)27-2)10-25-17(22)23-7-8-28-16-6-4-13(11-24-16)18(19,20)21;/h3-6,9,11H,7-8,10H2,1-2H3,(H3,22,23,25);1H. The molecule has 0 radical (unpaired) electrons. The van der Waals surface area contributed by atoms with Crippen LogP contribution in [0.4, 0.5) is 13.2 Å². The largest absolute Gasteiger partial charge is 0.493 e. The molecule has 1 aromatic carbocycles. The van der Waals surface area contributed by atoms with Crippen LogP contribution in [0.1, 0.15) is 11.1 Å². The van der Waals surface area contributed by atoms with Crippen LogP contribution < -0.4 is 25.3 Å². The minimum Gasteiger partial charge on any atom is -0.493 e. The number of nitrogens with two attached hydrogens (primary N) is 1. The molecule has 0 saturated heterocycles. The topological polar surface area (TPSA) is 91.0 Å². The lowest BCUT2D eigenvalue weighted by atomic mass is 10.2. The van der Waals surface area contributed by atoms with Crippen molar-refractivity contribution < 1.29 is 27.4 Å². The quantitative estimate of drug-likeness (QED) is 0.238. The van der Waals surface area contributed by atoms with E-state index in [0.29, 0.717) is 24.6 Å². The van der Waals surface area contributed by atoms with Crippen molar-refractivity contribution in [3.63, 3.8) is 0 Å². The molecule has 0 amide bonds. The molecular formula is C18H22F3IN4O3. The maximum atomic E-state index is 12.5. The van der Waals surface area contributed by atoms with Crippen molar-refractivity contribution in [2.45, 2.75) is 12.7 Å². The van der Waals surface area contributed by atoms with Crippen LogP contribution in [0.2, 0.25) is 0 Å². The first-order chi connectivity index (χ1) is 13.3. The Bertz CT molecular complexity index is 802. The number of rotatable bonds is 8. The van der Waals surface area contributed by atoms with Crippen molar-refractivity contribution >= 4 is 29.9 Å². The fourth-order valence-electron chi connectivity index (χ4n) is 2.18. The van der Waals surface area contributed by atoms with Gasteiger partial charge in [-0.3, -0.25) is 0 Å². The smallest absolute Gasteiger partial charge is 0.417 e. The number of hydrogen-bond donors (Lipinski definition) is 2. The molecule has 3 N–H and O–H groups in total. The lowest BCUT2D eigenvalue weighted by Gasteiger charge is -2.10. The lowest BCUT2D eigenvalue weighted by molar-refractivity contribution is -0.137. The first-order valence-electron chi connectivity index (χ1n) is 8.24. The van der Waals surface area contributed by atoms with E-state index >= 15 is 0 Å². The van der Waals surface area contributed by atoms with Crippen LogP contribution in [0.25, 0.3) is 0 Å². The molecule has 160 valence electrons. The van der Waals surface area contributed by atoms with Gasteiger partial charge in [-0.25, -0.2) is 9.98 Å². The predicted octanol–water partition coefficient (Wildman–Crippen LogP) is 3.22. The second kappa shape index (κ2) is 11.5. The number of alkyl halides is 3. The Kier molecular flexibility index (Phi) is 9.78. The molecule has 0 saturated carbocycles. The van der Waals surface area contributed by atoms with E-state index in [1.54, 1.807) is 26.4 Å². The summed E-state index contributed by atoms with van der Waals surface area (Å²) in [5, 5.41) is 2.85. The number of benzene rings is 1. The summed E-state index contributed by atoms with van der Waals surface area (Å²) >= 11 is 0. The van der Waals surface area contributed by atoms with Crippen LogP contribution in [0, 0.1) is 0 Å². The minimum absolute atomic E-state index is 0. The molecule has 2 rings (SSSR count). The molecule has 29 heavy (non-hydrogen) atoms. The van der Waals surface area contributed by atoms with E-state index in [9.17, 15) is 13.2 Å². The third-order valence-corrected chi connectivity index (χ3v) is 3.60. The van der Waals surface area contributed by atoms with Crippen molar-refractivity contribution in [2.24, 2.45) is 10.7 Å². The van der Waals surface area contributed by atoms with Crippen molar-refractivity contribution in [3.8, 4) is 17.4 Å². The van der Waals surface area contributed by atoms with Crippen LogP contribution in [-0.2, 0) is 12.7 Å². The molecule has 2 aromatic rings. The van der Waals surface area contributed by atoms with Gasteiger partial charge in [0.2, 0.25) is 5.88 Å². The van der Waals surface area contributed by atoms with Gasteiger partial charge < -0.3 is 25.3 Å². The van der Waals surface area contributed by atoms with Crippen molar-refractivity contribution in [3.05, 3.63) is 47.7 Å². The molecule has 0 aliphatic rings. The summed E-state index contributed by atoms with van der Waals surface area (Å²) in [5.74, 6) is 1.52.